The lowest BCUT2D eigenvalue weighted by Gasteiger charge is -2.44. The zero-order valence-corrected chi connectivity index (χ0v) is 19.9. The second-order valence-corrected chi connectivity index (χ2v) is 9.73. The van der Waals surface area contributed by atoms with Crippen LogP contribution in [-0.4, -0.2) is 47.6 Å². The predicted octanol–water partition coefficient (Wildman–Crippen LogP) is 3.74. The third-order valence-electron chi connectivity index (χ3n) is 5.60. The van der Waals surface area contributed by atoms with E-state index in [2.05, 4.69) is 14.7 Å². The smallest absolute Gasteiger partial charge is 0.261 e. The van der Waals surface area contributed by atoms with Crippen LogP contribution in [0.4, 0.5) is 17.2 Å². The van der Waals surface area contributed by atoms with E-state index in [1.807, 2.05) is 25.7 Å². The van der Waals surface area contributed by atoms with Gasteiger partial charge in [0.05, 0.1) is 35.4 Å². The fraction of sp³-hybridized carbons (Fsp3) is 0.261. The third kappa shape index (κ3) is 4.10. The molecule has 176 valence electrons. The van der Waals surface area contributed by atoms with Crippen LogP contribution in [0.15, 0.2) is 59.9 Å². The average molecular weight is 479 g/mol. The summed E-state index contributed by atoms with van der Waals surface area (Å²) in [6.07, 6.45) is 6.29. The van der Waals surface area contributed by atoms with Gasteiger partial charge in [-0.1, -0.05) is 25.1 Å². The molecule has 10 nitrogen and oxygen atoms in total. The number of benzene rings is 1. The minimum Gasteiger partial charge on any atom is -0.342 e. The zero-order chi connectivity index (χ0) is 24.5. The van der Waals surface area contributed by atoms with Crippen LogP contribution in [0.1, 0.15) is 27.2 Å². The summed E-state index contributed by atoms with van der Waals surface area (Å²) in [5.74, 6) is 1.18. The first-order chi connectivity index (χ1) is 16.3. The van der Waals surface area contributed by atoms with Crippen molar-refractivity contribution in [2.45, 2.75) is 44.2 Å². The van der Waals surface area contributed by atoms with Crippen molar-refractivity contribution in [2.75, 3.05) is 14.5 Å². The molecule has 3 N–H and O–H groups in total. The summed E-state index contributed by atoms with van der Waals surface area (Å²) >= 11 is 0. The number of sulfonamides is 1. The van der Waals surface area contributed by atoms with Gasteiger partial charge in [-0.25, -0.2) is 18.4 Å². The summed E-state index contributed by atoms with van der Waals surface area (Å²) in [5, 5.41) is 16.4. The summed E-state index contributed by atoms with van der Waals surface area (Å²) in [6.45, 7) is 6.03. The van der Waals surface area contributed by atoms with Gasteiger partial charge >= 0.3 is 0 Å². The van der Waals surface area contributed by atoms with Crippen LogP contribution < -0.4 is 14.5 Å². The summed E-state index contributed by atoms with van der Waals surface area (Å²) in [7, 11) is -3.84. The van der Waals surface area contributed by atoms with E-state index < -0.39 is 10.0 Å². The van der Waals surface area contributed by atoms with Crippen LogP contribution in [0.3, 0.4) is 0 Å². The van der Waals surface area contributed by atoms with E-state index in [9.17, 15) is 8.42 Å². The van der Waals surface area contributed by atoms with Gasteiger partial charge in [-0.05, 0) is 38.5 Å². The highest BCUT2D eigenvalue weighted by Gasteiger charge is 2.37. The first-order valence-corrected chi connectivity index (χ1v) is 12.3. The molecule has 34 heavy (non-hydrogen) atoms. The van der Waals surface area contributed by atoms with E-state index in [0.717, 1.165) is 6.34 Å². The number of nitrogens with zero attached hydrogens (tertiary/aromatic N) is 5. The molecule has 3 heterocycles. The lowest BCUT2D eigenvalue weighted by molar-refractivity contribution is 0.598. The normalized spacial score (nSPS) is 15.9. The number of hydrogen-bond donors (Lipinski definition) is 3. The van der Waals surface area contributed by atoms with Gasteiger partial charge in [0.15, 0.2) is 11.6 Å². The quantitative estimate of drug-likeness (QED) is 0.347. The fourth-order valence-corrected chi connectivity index (χ4v) is 5.12. The van der Waals surface area contributed by atoms with Gasteiger partial charge in [0.25, 0.3) is 10.0 Å². The Kier molecular flexibility index (Phi) is 6.29. The van der Waals surface area contributed by atoms with Crippen molar-refractivity contribution >= 4 is 39.4 Å². The SMILES string of the molecule is CC[C@@H]1C(=N)N(C=N)c2cnc(-c3ccncc3NS(=O)(=O)c3ccccc3)nc2N1C(C)C. The molecule has 11 heteroatoms. The Bertz CT molecular complexity index is 1330. The van der Waals surface area contributed by atoms with E-state index in [1.54, 1.807) is 36.7 Å². The zero-order valence-electron chi connectivity index (χ0n) is 19.1. The van der Waals surface area contributed by atoms with Gasteiger partial charge in [-0.2, -0.15) is 0 Å². The number of aromatic nitrogens is 3. The third-order valence-corrected chi connectivity index (χ3v) is 6.98. The molecule has 3 aromatic rings. The molecule has 2 aromatic heterocycles. The average Bonchev–Trinajstić information content (AvgIpc) is 2.83. The number of hydrogen-bond acceptors (Lipinski definition) is 8. The molecule has 0 saturated carbocycles. The molecule has 0 bridgehead atoms. The van der Waals surface area contributed by atoms with Crippen LogP contribution in [0.2, 0.25) is 0 Å². The Balaban J connectivity index is 1.82. The number of anilines is 3. The van der Waals surface area contributed by atoms with E-state index >= 15 is 0 Å². The Hall–Kier alpha value is -3.86. The number of fused-ring (bicyclic) bond motifs is 1. The van der Waals surface area contributed by atoms with E-state index in [0.29, 0.717) is 29.3 Å². The molecule has 1 aromatic carbocycles. The molecule has 0 radical (unpaired) electrons. The molecule has 4 rings (SSSR count). The molecule has 1 aliphatic rings. The van der Waals surface area contributed by atoms with Gasteiger partial charge < -0.3 is 4.90 Å². The van der Waals surface area contributed by atoms with Crippen molar-refractivity contribution < 1.29 is 8.42 Å². The molecule has 0 spiro atoms. The first kappa shape index (κ1) is 23.3. The van der Waals surface area contributed by atoms with Crippen LogP contribution in [0.5, 0.6) is 0 Å². The Labute approximate surface area is 198 Å². The highest BCUT2D eigenvalue weighted by Crippen LogP contribution is 2.38. The maximum absolute atomic E-state index is 12.9. The van der Waals surface area contributed by atoms with Crippen LogP contribution in [0, 0.1) is 10.8 Å². The Morgan fingerprint density at radius 1 is 1.18 bits per heavy atom. The van der Waals surface area contributed by atoms with Crippen molar-refractivity contribution in [2.24, 2.45) is 0 Å². The van der Waals surface area contributed by atoms with Gasteiger partial charge in [-0.15, -0.1) is 0 Å². The van der Waals surface area contributed by atoms with Gasteiger partial charge in [0.2, 0.25) is 0 Å². The highest BCUT2D eigenvalue weighted by atomic mass is 32.2. The van der Waals surface area contributed by atoms with Crippen LogP contribution >= 0.6 is 0 Å². The first-order valence-electron chi connectivity index (χ1n) is 10.8. The minimum absolute atomic E-state index is 0.0353. The van der Waals surface area contributed by atoms with Crippen molar-refractivity contribution in [1.82, 2.24) is 15.0 Å². The largest absolute Gasteiger partial charge is 0.342 e. The molecule has 0 unspecified atom stereocenters. The number of nitrogens with one attached hydrogen (secondary N) is 3. The summed E-state index contributed by atoms with van der Waals surface area (Å²) in [4.78, 5) is 17.0. The maximum atomic E-state index is 12.9. The molecule has 0 aliphatic carbocycles. The molecule has 1 atom stereocenters. The van der Waals surface area contributed by atoms with Crippen LogP contribution in [0.25, 0.3) is 11.4 Å². The summed E-state index contributed by atoms with van der Waals surface area (Å²) < 4.78 is 28.4. The monoisotopic (exact) mass is 478 g/mol. The summed E-state index contributed by atoms with van der Waals surface area (Å²) in [5.41, 5.74) is 1.25. The Morgan fingerprint density at radius 3 is 2.56 bits per heavy atom. The molecule has 0 amide bonds. The molecule has 0 saturated heterocycles. The lowest BCUT2D eigenvalue weighted by Crippen LogP contribution is -2.55. The van der Waals surface area contributed by atoms with E-state index in [1.165, 1.54) is 23.2 Å². The van der Waals surface area contributed by atoms with Crippen molar-refractivity contribution in [3.8, 4) is 11.4 Å². The predicted molar refractivity (Wildman–Crippen MR) is 133 cm³/mol. The molecule has 0 fully saturated rings. The van der Waals surface area contributed by atoms with Gasteiger partial charge in [0.1, 0.15) is 11.5 Å². The van der Waals surface area contributed by atoms with Crippen molar-refractivity contribution in [3.63, 3.8) is 0 Å². The fourth-order valence-electron chi connectivity index (χ4n) is 4.03. The number of pyridine rings is 1. The van der Waals surface area contributed by atoms with E-state index in [4.69, 9.17) is 15.8 Å². The topological polar surface area (TPSA) is 139 Å². The van der Waals surface area contributed by atoms with Gasteiger partial charge in [-0.3, -0.25) is 25.4 Å². The molecule has 1 aliphatic heterocycles. The second kappa shape index (κ2) is 9.18. The number of rotatable bonds is 7. The standard InChI is InChI=1S/C23H26N8O2S/c1-4-19-21(25)30(14-24)20-13-27-22(28-23(20)31(19)15(2)3)17-10-11-26-12-18(17)29-34(32,33)16-8-6-5-7-9-16/h5-15,19,24-25,29H,4H2,1-3H3/t19-/m1/s1. The molecular weight excluding hydrogens is 452 g/mol. The lowest BCUT2D eigenvalue weighted by atomic mass is 10.0. The van der Waals surface area contributed by atoms with Crippen molar-refractivity contribution in [1.29, 1.82) is 10.8 Å². The van der Waals surface area contributed by atoms with Crippen LogP contribution in [-0.2, 0) is 10.0 Å². The minimum atomic E-state index is -3.84. The number of amidine groups is 1. The summed E-state index contributed by atoms with van der Waals surface area (Å²) in [6, 6.07) is 9.52. The second-order valence-electron chi connectivity index (χ2n) is 8.05. The highest BCUT2D eigenvalue weighted by molar-refractivity contribution is 7.92. The van der Waals surface area contributed by atoms with Crippen molar-refractivity contribution in [3.05, 3.63) is 55.0 Å². The van der Waals surface area contributed by atoms with Gasteiger partial charge in [0, 0.05) is 17.8 Å². The maximum Gasteiger partial charge on any atom is 0.261 e. The molecular formula is C23H26N8O2S. The Morgan fingerprint density at radius 2 is 1.91 bits per heavy atom. The van der Waals surface area contributed by atoms with E-state index in [-0.39, 0.29) is 28.5 Å².